The highest BCUT2D eigenvalue weighted by atomic mass is 16.5. The predicted octanol–water partition coefficient (Wildman–Crippen LogP) is 3.22. The summed E-state index contributed by atoms with van der Waals surface area (Å²) in [5, 5.41) is 0. The normalized spacial score (nSPS) is 21.6. The molecule has 0 spiro atoms. The first kappa shape index (κ1) is 14.0. The SMILES string of the molecule is CCC1CC=C(c2cc3c(cc2N)OCC(=O)N3C)CC1. The molecule has 1 aromatic rings. The van der Waals surface area contributed by atoms with Gasteiger partial charge < -0.3 is 15.4 Å². The zero-order valence-electron chi connectivity index (χ0n) is 12.7. The van der Waals surface area contributed by atoms with Gasteiger partial charge in [0.15, 0.2) is 6.61 Å². The highest BCUT2D eigenvalue weighted by Gasteiger charge is 2.25. The van der Waals surface area contributed by atoms with Crippen molar-refractivity contribution >= 4 is 22.9 Å². The summed E-state index contributed by atoms with van der Waals surface area (Å²) in [4.78, 5) is 13.4. The molecule has 1 aliphatic heterocycles. The third kappa shape index (κ3) is 2.50. The second-order valence-electron chi connectivity index (χ2n) is 5.93. The van der Waals surface area contributed by atoms with E-state index in [1.807, 2.05) is 12.1 Å². The number of amides is 1. The molecule has 2 aliphatic rings. The van der Waals surface area contributed by atoms with Crippen molar-refractivity contribution in [3.63, 3.8) is 0 Å². The molecule has 0 fully saturated rings. The first-order chi connectivity index (χ1) is 10.1. The zero-order chi connectivity index (χ0) is 15.0. The van der Waals surface area contributed by atoms with E-state index < -0.39 is 0 Å². The quantitative estimate of drug-likeness (QED) is 0.849. The molecule has 1 unspecified atom stereocenters. The third-order valence-electron chi connectivity index (χ3n) is 4.66. The Morgan fingerprint density at radius 1 is 1.43 bits per heavy atom. The number of hydrogen-bond donors (Lipinski definition) is 1. The molecule has 2 N–H and O–H groups in total. The minimum absolute atomic E-state index is 0.0260. The summed E-state index contributed by atoms with van der Waals surface area (Å²) >= 11 is 0. The van der Waals surface area contributed by atoms with Crippen molar-refractivity contribution in [2.24, 2.45) is 5.92 Å². The monoisotopic (exact) mass is 286 g/mol. The summed E-state index contributed by atoms with van der Waals surface area (Å²) in [6.07, 6.45) is 6.92. The van der Waals surface area contributed by atoms with Crippen LogP contribution < -0.4 is 15.4 Å². The largest absolute Gasteiger partial charge is 0.481 e. The summed E-state index contributed by atoms with van der Waals surface area (Å²) in [6.45, 7) is 2.33. The average Bonchev–Trinajstić information content (AvgIpc) is 2.51. The van der Waals surface area contributed by atoms with Gasteiger partial charge in [0.1, 0.15) is 5.75 Å². The molecule has 0 saturated heterocycles. The number of anilines is 2. The Morgan fingerprint density at radius 3 is 2.90 bits per heavy atom. The number of rotatable bonds is 2. The maximum Gasteiger partial charge on any atom is 0.264 e. The number of carbonyl (C=O) groups excluding carboxylic acids is 1. The van der Waals surface area contributed by atoms with Gasteiger partial charge in [0.25, 0.3) is 5.91 Å². The van der Waals surface area contributed by atoms with Gasteiger partial charge in [0.05, 0.1) is 5.69 Å². The van der Waals surface area contributed by atoms with Gasteiger partial charge in [-0.2, -0.15) is 0 Å². The van der Waals surface area contributed by atoms with E-state index in [-0.39, 0.29) is 12.5 Å². The summed E-state index contributed by atoms with van der Waals surface area (Å²) < 4.78 is 5.47. The fourth-order valence-electron chi connectivity index (χ4n) is 3.11. The second-order valence-corrected chi connectivity index (χ2v) is 5.93. The fraction of sp³-hybridized carbons (Fsp3) is 0.471. The molecule has 1 amide bonds. The smallest absolute Gasteiger partial charge is 0.264 e. The lowest BCUT2D eigenvalue weighted by molar-refractivity contribution is -0.120. The fourth-order valence-corrected chi connectivity index (χ4v) is 3.11. The maximum absolute atomic E-state index is 11.8. The van der Waals surface area contributed by atoms with E-state index in [9.17, 15) is 4.79 Å². The Hall–Kier alpha value is -1.97. The van der Waals surface area contributed by atoms with Crippen molar-refractivity contribution in [3.05, 3.63) is 23.8 Å². The molecule has 1 aliphatic carbocycles. The van der Waals surface area contributed by atoms with Crippen molar-refractivity contribution < 1.29 is 9.53 Å². The van der Waals surface area contributed by atoms with Crippen LogP contribution in [0.5, 0.6) is 5.75 Å². The number of nitrogens with two attached hydrogens (primary N) is 1. The van der Waals surface area contributed by atoms with Crippen molar-refractivity contribution in [1.29, 1.82) is 0 Å². The average molecular weight is 286 g/mol. The van der Waals surface area contributed by atoms with Crippen LogP contribution in [0.2, 0.25) is 0 Å². The van der Waals surface area contributed by atoms with Crippen LogP contribution in [0.15, 0.2) is 18.2 Å². The Balaban J connectivity index is 1.97. The predicted molar refractivity (Wildman–Crippen MR) is 85.4 cm³/mol. The van der Waals surface area contributed by atoms with Crippen LogP contribution in [-0.4, -0.2) is 19.6 Å². The topological polar surface area (TPSA) is 55.6 Å². The van der Waals surface area contributed by atoms with Crippen LogP contribution in [-0.2, 0) is 4.79 Å². The third-order valence-corrected chi connectivity index (χ3v) is 4.66. The zero-order valence-corrected chi connectivity index (χ0v) is 12.7. The molecule has 0 bridgehead atoms. The number of nitrogens with zero attached hydrogens (tertiary/aromatic N) is 1. The van der Waals surface area contributed by atoms with Gasteiger partial charge in [0.2, 0.25) is 0 Å². The number of carbonyl (C=O) groups is 1. The van der Waals surface area contributed by atoms with Crippen LogP contribution in [0, 0.1) is 5.92 Å². The molecule has 21 heavy (non-hydrogen) atoms. The summed E-state index contributed by atoms with van der Waals surface area (Å²) in [5.41, 5.74) is 10.1. The van der Waals surface area contributed by atoms with E-state index in [0.717, 1.165) is 35.7 Å². The molecule has 4 heteroatoms. The highest BCUT2D eigenvalue weighted by molar-refractivity contribution is 5.98. The van der Waals surface area contributed by atoms with E-state index >= 15 is 0 Å². The number of fused-ring (bicyclic) bond motifs is 1. The van der Waals surface area contributed by atoms with Gasteiger partial charge >= 0.3 is 0 Å². The van der Waals surface area contributed by atoms with E-state index in [0.29, 0.717) is 5.75 Å². The minimum Gasteiger partial charge on any atom is -0.481 e. The van der Waals surface area contributed by atoms with Crippen molar-refractivity contribution in [2.75, 3.05) is 24.3 Å². The second kappa shape index (κ2) is 5.43. The van der Waals surface area contributed by atoms with Crippen LogP contribution >= 0.6 is 0 Å². The number of hydrogen-bond acceptors (Lipinski definition) is 3. The van der Waals surface area contributed by atoms with E-state index in [1.54, 1.807) is 11.9 Å². The molecule has 1 heterocycles. The Bertz CT molecular complexity index is 607. The lowest BCUT2D eigenvalue weighted by Gasteiger charge is -2.28. The van der Waals surface area contributed by atoms with Gasteiger partial charge in [-0.3, -0.25) is 4.79 Å². The van der Waals surface area contributed by atoms with Crippen LogP contribution in [0.25, 0.3) is 5.57 Å². The maximum atomic E-state index is 11.8. The Labute approximate surface area is 125 Å². The Morgan fingerprint density at radius 2 is 2.24 bits per heavy atom. The van der Waals surface area contributed by atoms with Crippen molar-refractivity contribution in [3.8, 4) is 5.75 Å². The van der Waals surface area contributed by atoms with Crippen LogP contribution in [0.3, 0.4) is 0 Å². The van der Waals surface area contributed by atoms with Crippen LogP contribution in [0.1, 0.15) is 38.2 Å². The van der Waals surface area contributed by atoms with Gasteiger partial charge in [-0.25, -0.2) is 0 Å². The van der Waals surface area contributed by atoms with Gasteiger partial charge in [0, 0.05) is 24.4 Å². The lowest BCUT2D eigenvalue weighted by Crippen LogP contribution is -2.35. The summed E-state index contributed by atoms with van der Waals surface area (Å²) in [5.74, 6) is 1.46. The van der Waals surface area contributed by atoms with Gasteiger partial charge in [-0.05, 0) is 36.8 Å². The number of ether oxygens (including phenoxy) is 1. The molecule has 112 valence electrons. The molecule has 0 saturated carbocycles. The Kier molecular flexibility index (Phi) is 3.62. The highest BCUT2D eigenvalue weighted by Crippen LogP contribution is 2.40. The number of benzene rings is 1. The van der Waals surface area contributed by atoms with E-state index in [2.05, 4.69) is 13.0 Å². The molecule has 0 radical (unpaired) electrons. The number of likely N-dealkylation sites (N-methyl/N-ethyl adjacent to an activating group) is 1. The van der Waals surface area contributed by atoms with Crippen LogP contribution in [0.4, 0.5) is 11.4 Å². The molecule has 1 atom stereocenters. The molecular formula is C17H22N2O2. The lowest BCUT2D eigenvalue weighted by atomic mass is 9.84. The standard InChI is InChI=1S/C17H22N2O2/c1-3-11-4-6-12(7-5-11)13-8-15-16(9-14(13)18)21-10-17(20)19(15)2/h6,8-9,11H,3-5,7,10,18H2,1-2H3. The van der Waals surface area contributed by atoms with Gasteiger partial charge in [-0.15, -0.1) is 0 Å². The first-order valence-electron chi connectivity index (χ1n) is 7.62. The molecule has 3 rings (SSSR count). The van der Waals surface area contributed by atoms with E-state index in [1.165, 1.54) is 18.4 Å². The van der Waals surface area contributed by atoms with Crippen molar-refractivity contribution in [1.82, 2.24) is 0 Å². The molecular weight excluding hydrogens is 264 g/mol. The molecule has 1 aromatic carbocycles. The molecule has 4 nitrogen and oxygen atoms in total. The summed E-state index contributed by atoms with van der Waals surface area (Å²) in [7, 11) is 1.78. The number of nitrogen functional groups attached to an aromatic ring is 1. The number of allylic oxidation sites excluding steroid dienone is 2. The summed E-state index contributed by atoms with van der Waals surface area (Å²) in [6, 6.07) is 3.85. The minimum atomic E-state index is -0.0260. The van der Waals surface area contributed by atoms with E-state index in [4.69, 9.17) is 10.5 Å². The van der Waals surface area contributed by atoms with Gasteiger partial charge in [-0.1, -0.05) is 19.4 Å². The van der Waals surface area contributed by atoms with Crippen molar-refractivity contribution in [2.45, 2.75) is 32.6 Å². The molecule has 0 aromatic heterocycles. The first-order valence-corrected chi connectivity index (χ1v) is 7.62.